The first-order chi connectivity index (χ1) is 4.61. The molecule has 0 N–H and O–H groups in total. The highest BCUT2D eigenvalue weighted by Crippen LogP contribution is 2.15. The van der Waals surface area contributed by atoms with E-state index in [1.54, 1.807) is 0 Å². The van der Waals surface area contributed by atoms with Crippen molar-refractivity contribution in [2.24, 2.45) is 0 Å². The monoisotopic (exact) mass is 139 g/mol. The number of hydrogen-bond acceptors (Lipinski definition) is 1. The van der Waals surface area contributed by atoms with Crippen LogP contribution >= 0.6 is 0 Å². The number of hydrogen-bond donors (Lipinski definition) is 0. The topological polar surface area (TPSA) is 3.24 Å². The van der Waals surface area contributed by atoms with Crippen molar-refractivity contribution in [1.29, 1.82) is 0 Å². The van der Waals surface area contributed by atoms with Gasteiger partial charge >= 0.3 is 0 Å². The Morgan fingerprint density at radius 3 is 2.20 bits per heavy atom. The van der Waals surface area contributed by atoms with Crippen LogP contribution in [0.5, 0.6) is 0 Å². The maximum atomic E-state index is 2.49. The van der Waals surface area contributed by atoms with Crippen molar-refractivity contribution in [3.63, 3.8) is 0 Å². The summed E-state index contributed by atoms with van der Waals surface area (Å²) >= 11 is 0. The Morgan fingerprint density at radius 1 is 1.20 bits per heavy atom. The Bertz CT molecular complexity index is 130. The fourth-order valence-electron chi connectivity index (χ4n) is 1.25. The molecule has 0 saturated carbocycles. The molecule has 1 aliphatic rings. The van der Waals surface area contributed by atoms with Crippen LogP contribution in [0.2, 0.25) is 0 Å². The molecular formula is C9H17N. The average molecular weight is 139 g/mol. The number of rotatable bonds is 0. The van der Waals surface area contributed by atoms with Crippen LogP contribution in [0, 0.1) is 0 Å². The van der Waals surface area contributed by atoms with E-state index in [0.717, 1.165) is 6.54 Å². The molecular weight excluding hydrogens is 122 g/mol. The van der Waals surface area contributed by atoms with Gasteiger partial charge in [0.1, 0.15) is 0 Å². The van der Waals surface area contributed by atoms with Gasteiger partial charge in [0.15, 0.2) is 0 Å². The quantitative estimate of drug-likeness (QED) is 0.464. The lowest BCUT2D eigenvalue weighted by molar-refractivity contribution is 0.151. The van der Waals surface area contributed by atoms with E-state index in [0.29, 0.717) is 5.54 Å². The van der Waals surface area contributed by atoms with E-state index in [-0.39, 0.29) is 0 Å². The first kappa shape index (κ1) is 7.80. The normalized spacial score (nSPS) is 21.5. The van der Waals surface area contributed by atoms with Gasteiger partial charge in [0.25, 0.3) is 0 Å². The fraction of sp³-hybridized carbons (Fsp3) is 0.778. The molecule has 0 aromatic carbocycles. The molecule has 0 amide bonds. The van der Waals surface area contributed by atoms with Crippen LogP contribution in [-0.4, -0.2) is 23.5 Å². The van der Waals surface area contributed by atoms with Gasteiger partial charge in [0.05, 0.1) is 0 Å². The summed E-state index contributed by atoms with van der Waals surface area (Å²) in [7, 11) is 0. The first-order valence-corrected chi connectivity index (χ1v) is 4.01. The largest absolute Gasteiger partial charge is 0.295 e. The molecule has 58 valence electrons. The van der Waals surface area contributed by atoms with Gasteiger partial charge in [0.2, 0.25) is 0 Å². The minimum absolute atomic E-state index is 0.352. The van der Waals surface area contributed by atoms with Gasteiger partial charge in [-0.1, -0.05) is 12.2 Å². The molecule has 1 heteroatoms. The van der Waals surface area contributed by atoms with Crippen LogP contribution in [0.25, 0.3) is 0 Å². The van der Waals surface area contributed by atoms with E-state index in [1.165, 1.54) is 13.0 Å². The van der Waals surface area contributed by atoms with E-state index in [2.05, 4.69) is 37.8 Å². The minimum Gasteiger partial charge on any atom is -0.295 e. The molecule has 0 saturated heterocycles. The van der Waals surface area contributed by atoms with Gasteiger partial charge in [-0.15, -0.1) is 0 Å². The summed E-state index contributed by atoms with van der Waals surface area (Å²) in [6.45, 7) is 9.16. The Kier molecular flexibility index (Phi) is 2.14. The van der Waals surface area contributed by atoms with Crippen LogP contribution in [0.1, 0.15) is 27.2 Å². The van der Waals surface area contributed by atoms with Crippen molar-refractivity contribution in [2.45, 2.75) is 32.7 Å². The molecule has 1 aliphatic heterocycles. The summed E-state index contributed by atoms with van der Waals surface area (Å²) < 4.78 is 0. The molecule has 1 rings (SSSR count). The SMILES string of the molecule is CC(C)(C)N1CC=CCC1. The third kappa shape index (κ3) is 1.84. The molecule has 0 fully saturated rings. The zero-order valence-corrected chi connectivity index (χ0v) is 7.22. The third-order valence-corrected chi connectivity index (χ3v) is 2.01. The molecule has 0 unspecified atom stereocenters. The molecule has 0 radical (unpaired) electrons. The van der Waals surface area contributed by atoms with E-state index >= 15 is 0 Å². The standard InChI is InChI=1S/C9H17N/c1-9(2,3)10-7-5-4-6-8-10/h4-5H,6-8H2,1-3H3. The Morgan fingerprint density at radius 2 is 1.90 bits per heavy atom. The molecule has 1 heterocycles. The lowest BCUT2D eigenvalue weighted by Crippen LogP contribution is -2.43. The predicted molar refractivity (Wildman–Crippen MR) is 45.1 cm³/mol. The van der Waals surface area contributed by atoms with Gasteiger partial charge in [-0.2, -0.15) is 0 Å². The van der Waals surface area contributed by atoms with Gasteiger partial charge in [-0.05, 0) is 27.2 Å². The van der Waals surface area contributed by atoms with E-state index < -0.39 is 0 Å². The summed E-state index contributed by atoms with van der Waals surface area (Å²) in [5.74, 6) is 0. The van der Waals surface area contributed by atoms with E-state index in [9.17, 15) is 0 Å². The molecule has 0 aromatic rings. The van der Waals surface area contributed by atoms with Crippen LogP contribution in [0.15, 0.2) is 12.2 Å². The van der Waals surface area contributed by atoms with E-state index in [4.69, 9.17) is 0 Å². The molecule has 0 spiro atoms. The highest BCUT2D eigenvalue weighted by atomic mass is 15.2. The van der Waals surface area contributed by atoms with Crippen LogP contribution in [-0.2, 0) is 0 Å². The Labute approximate surface area is 63.7 Å². The zero-order valence-electron chi connectivity index (χ0n) is 7.22. The average Bonchev–Trinajstić information content (AvgIpc) is 1.88. The molecule has 1 nitrogen and oxygen atoms in total. The van der Waals surface area contributed by atoms with Crippen molar-refractivity contribution >= 4 is 0 Å². The lowest BCUT2D eigenvalue weighted by Gasteiger charge is -2.36. The summed E-state index contributed by atoms with van der Waals surface area (Å²) in [5.41, 5.74) is 0.352. The summed E-state index contributed by atoms with van der Waals surface area (Å²) in [5, 5.41) is 0. The van der Waals surface area contributed by atoms with Crippen LogP contribution in [0.3, 0.4) is 0 Å². The van der Waals surface area contributed by atoms with Crippen molar-refractivity contribution in [3.05, 3.63) is 12.2 Å². The Hall–Kier alpha value is -0.300. The van der Waals surface area contributed by atoms with Gasteiger partial charge in [-0.25, -0.2) is 0 Å². The van der Waals surface area contributed by atoms with Crippen molar-refractivity contribution in [2.75, 3.05) is 13.1 Å². The highest BCUT2D eigenvalue weighted by molar-refractivity contribution is 4.94. The smallest absolute Gasteiger partial charge is 0.0168 e. The summed E-state index contributed by atoms with van der Waals surface area (Å²) in [6.07, 6.45) is 5.74. The molecule has 0 bridgehead atoms. The highest BCUT2D eigenvalue weighted by Gasteiger charge is 2.20. The third-order valence-electron chi connectivity index (χ3n) is 2.01. The minimum atomic E-state index is 0.352. The maximum absolute atomic E-state index is 2.49. The second-order valence-electron chi connectivity index (χ2n) is 3.88. The zero-order chi connectivity index (χ0) is 7.61. The molecule has 10 heavy (non-hydrogen) atoms. The van der Waals surface area contributed by atoms with Crippen LogP contribution < -0.4 is 0 Å². The van der Waals surface area contributed by atoms with Gasteiger partial charge in [0, 0.05) is 18.6 Å². The predicted octanol–water partition coefficient (Wildman–Crippen LogP) is 2.05. The second kappa shape index (κ2) is 2.75. The first-order valence-electron chi connectivity index (χ1n) is 4.01. The summed E-state index contributed by atoms with van der Waals surface area (Å²) in [6, 6.07) is 0. The van der Waals surface area contributed by atoms with Gasteiger partial charge < -0.3 is 0 Å². The molecule has 0 aliphatic carbocycles. The number of nitrogens with zero attached hydrogens (tertiary/aromatic N) is 1. The second-order valence-corrected chi connectivity index (χ2v) is 3.88. The maximum Gasteiger partial charge on any atom is 0.0168 e. The van der Waals surface area contributed by atoms with Crippen molar-refractivity contribution in [1.82, 2.24) is 4.90 Å². The van der Waals surface area contributed by atoms with Gasteiger partial charge in [-0.3, -0.25) is 4.90 Å². The van der Waals surface area contributed by atoms with E-state index in [1.807, 2.05) is 0 Å². The van der Waals surface area contributed by atoms with Crippen molar-refractivity contribution in [3.8, 4) is 0 Å². The lowest BCUT2D eigenvalue weighted by atomic mass is 10.0. The van der Waals surface area contributed by atoms with Crippen LogP contribution in [0.4, 0.5) is 0 Å². The van der Waals surface area contributed by atoms with Crippen molar-refractivity contribution < 1.29 is 0 Å². The Balaban J connectivity index is 2.49. The fourth-order valence-corrected chi connectivity index (χ4v) is 1.25. The molecule has 0 atom stereocenters. The summed E-state index contributed by atoms with van der Waals surface area (Å²) in [4.78, 5) is 2.49. The molecule has 0 aromatic heterocycles.